The van der Waals surface area contributed by atoms with Crippen LogP contribution in [-0.2, 0) is 20.4 Å². The van der Waals surface area contributed by atoms with E-state index in [4.69, 9.17) is 0 Å². The summed E-state index contributed by atoms with van der Waals surface area (Å²) < 4.78 is 81.3. The van der Waals surface area contributed by atoms with Gasteiger partial charge in [0, 0.05) is 45.9 Å². The number of alkyl halides is 6. The number of nitrogens with zero attached hydrogens (tertiary/aromatic N) is 4. The second-order valence-electron chi connectivity index (χ2n) is 6.95. The molecule has 180 valence electrons. The Morgan fingerprint density at radius 1 is 0.667 bits per heavy atom. The van der Waals surface area contributed by atoms with E-state index in [1.165, 1.54) is 23.1 Å². The smallest absolute Gasteiger partial charge is 0.430 e. The van der Waals surface area contributed by atoms with Crippen molar-refractivity contribution in [3.8, 4) is 0 Å². The van der Waals surface area contributed by atoms with E-state index in [2.05, 4.69) is 12.1 Å². The first-order valence-corrected chi connectivity index (χ1v) is 9.44. The Balaban J connectivity index is 0.00000306. The van der Waals surface area contributed by atoms with Crippen molar-refractivity contribution in [2.75, 3.05) is 22.9 Å². The van der Waals surface area contributed by atoms with Crippen LogP contribution in [0.25, 0.3) is 0 Å². The normalized spacial score (nSPS) is 16.7. The molecule has 4 nitrogen and oxygen atoms in total. The molecule has 0 radical (unpaired) electrons. The summed E-state index contributed by atoms with van der Waals surface area (Å²) >= 11 is 0. The van der Waals surface area contributed by atoms with Gasteiger partial charge in [0.15, 0.2) is 0 Å². The third-order valence-corrected chi connectivity index (χ3v) is 4.77. The Hall–Kier alpha value is -2.64. The van der Waals surface area contributed by atoms with Crippen molar-refractivity contribution in [1.82, 2.24) is 9.80 Å². The number of halogens is 6. The monoisotopic (exact) mass is 556 g/mol. The summed E-state index contributed by atoms with van der Waals surface area (Å²) in [7, 11) is 0. The second-order valence-corrected chi connectivity index (χ2v) is 6.95. The van der Waals surface area contributed by atoms with E-state index < -0.39 is 23.7 Å². The molecule has 0 fully saturated rings. The van der Waals surface area contributed by atoms with Gasteiger partial charge >= 0.3 is 12.4 Å². The number of hydrogen-bond acceptors (Lipinski definition) is 4. The minimum absolute atomic E-state index is 0. The van der Waals surface area contributed by atoms with Crippen molar-refractivity contribution in [3.63, 3.8) is 0 Å². The van der Waals surface area contributed by atoms with Gasteiger partial charge in [-0.15, -0.1) is 11.4 Å². The van der Waals surface area contributed by atoms with Crippen molar-refractivity contribution in [3.05, 3.63) is 97.8 Å². The number of hydrogen-bond donors (Lipinski definition) is 0. The number of rotatable bonds is 5. The summed E-state index contributed by atoms with van der Waals surface area (Å²) in [5.41, 5.74) is -1.18. The third kappa shape index (κ3) is 5.65. The quantitative estimate of drug-likeness (QED) is 0.283. The minimum Gasteiger partial charge on any atom is -0.500 e. The maximum Gasteiger partial charge on any atom is 0.430 e. The zero-order valence-electron chi connectivity index (χ0n) is 16.7. The van der Waals surface area contributed by atoms with Crippen LogP contribution < -0.4 is 9.80 Å². The Labute approximate surface area is 201 Å². The molecule has 0 saturated carbocycles. The van der Waals surface area contributed by atoms with Gasteiger partial charge in [0.25, 0.3) is 0 Å². The van der Waals surface area contributed by atoms with Gasteiger partial charge in [-0.1, -0.05) is 0 Å². The van der Waals surface area contributed by atoms with Gasteiger partial charge < -0.3 is 19.6 Å². The Kier molecular flexibility index (Phi) is 7.34. The van der Waals surface area contributed by atoms with Crippen LogP contribution in [0.1, 0.15) is 0 Å². The molecule has 0 aliphatic carbocycles. The summed E-state index contributed by atoms with van der Waals surface area (Å²) in [5.74, 6) is 0. The first-order chi connectivity index (χ1) is 15.1. The molecule has 0 bridgehead atoms. The molecule has 0 spiro atoms. The van der Waals surface area contributed by atoms with Gasteiger partial charge in [0.2, 0.25) is 0 Å². The Morgan fingerprint density at radius 3 is 1.36 bits per heavy atom. The van der Waals surface area contributed by atoms with Crippen molar-refractivity contribution < 1.29 is 46.8 Å². The number of allylic oxidation sites excluding steroid dienone is 2. The van der Waals surface area contributed by atoms with Crippen molar-refractivity contribution in [1.29, 1.82) is 0 Å². The van der Waals surface area contributed by atoms with E-state index in [1.807, 2.05) is 0 Å². The van der Waals surface area contributed by atoms with Crippen LogP contribution in [0.3, 0.4) is 0 Å². The fraction of sp³-hybridized carbons (Fsp3) is 0.182. The summed E-state index contributed by atoms with van der Waals surface area (Å²) in [4.78, 5) is 4.25. The minimum atomic E-state index is -4.68. The molecule has 0 saturated heterocycles. The fourth-order valence-corrected chi connectivity index (χ4v) is 3.30. The van der Waals surface area contributed by atoms with Crippen LogP contribution in [0.2, 0.25) is 0 Å². The molecule has 2 aromatic carbocycles. The van der Waals surface area contributed by atoms with Crippen molar-refractivity contribution in [2.24, 2.45) is 0 Å². The number of anilines is 2. The van der Waals surface area contributed by atoms with E-state index in [9.17, 15) is 26.3 Å². The second kappa shape index (κ2) is 9.69. The molecule has 33 heavy (non-hydrogen) atoms. The third-order valence-electron chi connectivity index (χ3n) is 4.77. The predicted molar refractivity (Wildman–Crippen MR) is 106 cm³/mol. The average Bonchev–Trinajstić information content (AvgIpc) is 3.38. The molecular weight excluding hydrogens is 541 g/mol. The molecule has 11 heteroatoms. The zero-order chi connectivity index (χ0) is 22.9. The summed E-state index contributed by atoms with van der Waals surface area (Å²) in [6.45, 7) is 1.74. The van der Waals surface area contributed by atoms with Crippen LogP contribution >= 0.6 is 0 Å². The topological polar surface area (TPSA) is 13.0 Å². The maximum absolute atomic E-state index is 13.6. The molecule has 2 aliphatic rings. The van der Waals surface area contributed by atoms with Crippen molar-refractivity contribution in [2.45, 2.75) is 12.4 Å². The van der Waals surface area contributed by atoms with E-state index >= 15 is 0 Å². The first-order valence-electron chi connectivity index (χ1n) is 9.44. The molecule has 0 unspecified atom stereocenters. The first kappa shape index (κ1) is 25.0. The Morgan fingerprint density at radius 2 is 1.06 bits per heavy atom. The van der Waals surface area contributed by atoms with E-state index in [0.29, 0.717) is 11.4 Å². The molecule has 2 aromatic rings. The molecular formula is C22H16F6N4Pd-4. The summed E-state index contributed by atoms with van der Waals surface area (Å²) in [5, 5.41) is 0. The van der Waals surface area contributed by atoms with Gasteiger partial charge in [0.1, 0.15) is 11.4 Å². The number of benzene rings is 2. The SMILES string of the molecule is FC(F)(F)C1=CN(c2[c-]cccc2)[CH-]N1CCN1[CH-]N(c2[c-]cccc2)C=C1C(F)(F)F.[Pd]. The van der Waals surface area contributed by atoms with Crippen molar-refractivity contribution >= 4 is 11.4 Å². The van der Waals surface area contributed by atoms with Gasteiger partial charge in [0.05, 0.1) is 0 Å². The fourth-order valence-electron chi connectivity index (χ4n) is 3.30. The molecule has 0 N–H and O–H groups in total. The molecule has 2 heterocycles. The van der Waals surface area contributed by atoms with E-state index in [-0.39, 0.29) is 33.5 Å². The van der Waals surface area contributed by atoms with E-state index in [1.54, 1.807) is 48.5 Å². The molecule has 4 rings (SSSR count). The standard InChI is InChI=1S/C22H16F6N4.Pd/c23-21(24,25)19-13-31(17-7-3-1-4-8-17)15-29(19)11-12-30-16-32(14-20(30)22(26,27)28)18-9-5-2-6-10-18;/h1-7,9,13-16H,11-12H2;/q-4;. The van der Waals surface area contributed by atoms with Gasteiger partial charge in [-0.05, 0) is 0 Å². The van der Waals surface area contributed by atoms with Crippen LogP contribution in [-0.4, -0.2) is 35.2 Å². The summed E-state index contributed by atoms with van der Waals surface area (Å²) in [6.07, 6.45) is -7.57. The Bertz CT molecular complexity index is 910. The zero-order valence-corrected chi connectivity index (χ0v) is 18.3. The maximum atomic E-state index is 13.6. The largest absolute Gasteiger partial charge is 0.500 e. The summed E-state index contributed by atoms with van der Waals surface area (Å²) in [6, 6.07) is 18.6. The van der Waals surface area contributed by atoms with Gasteiger partial charge in [-0.3, -0.25) is 0 Å². The molecule has 2 aliphatic heterocycles. The van der Waals surface area contributed by atoms with Crippen LogP contribution in [0.4, 0.5) is 37.7 Å². The van der Waals surface area contributed by atoms with Gasteiger partial charge in [-0.2, -0.15) is 100 Å². The van der Waals surface area contributed by atoms with Crippen LogP contribution in [0.5, 0.6) is 0 Å². The predicted octanol–water partition coefficient (Wildman–Crippen LogP) is 5.27. The van der Waals surface area contributed by atoms with E-state index in [0.717, 1.165) is 22.2 Å². The average molecular weight is 557 g/mol. The number of para-hydroxylation sites is 2. The molecule has 0 aromatic heterocycles. The van der Waals surface area contributed by atoms with Gasteiger partial charge in [-0.25, -0.2) is 0 Å². The van der Waals surface area contributed by atoms with Crippen LogP contribution in [0.15, 0.2) is 72.3 Å². The molecule has 0 atom stereocenters. The molecule has 0 amide bonds. The van der Waals surface area contributed by atoms with Crippen LogP contribution in [0, 0.1) is 25.5 Å².